The van der Waals surface area contributed by atoms with Crippen LogP contribution < -0.4 is 9.64 Å². The number of fused-ring (bicyclic) bond motifs is 1. The van der Waals surface area contributed by atoms with Gasteiger partial charge in [-0.15, -0.1) is 0 Å². The summed E-state index contributed by atoms with van der Waals surface area (Å²) in [6.45, 7) is 6.81. The fourth-order valence-electron chi connectivity index (χ4n) is 3.56. The first-order chi connectivity index (χ1) is 15.7. The average molecular weight is 432 g/mol. The zero-order chi connectivity index (χ0) is 22.3. The predicted octanol–water partition coefficient (Wildman–Crippen LogP) is 3.37. The summed E-state index contributed by atoms with van der Waals surface area (Å²) in [6.07, 6.45) is 13.9. The number of nitrogens with zero attached hydrogens (tertiary/aromatic N) is 6. The molecule has 0 spiro atoms. The van der Waals surface area contributed by atoms with Gasteiger partial charge in [-0.2, -0.15) is 14.6 Å². The van der Waals surface area contributed by atoms with Crippen molar-refractivity contribution in [2.75, 3.05) is 18.1 Å². The lowest BCUT2D eigenvalue weighted by Crippen LogP contribution is -2.35. The van der Waals surface area contributed by atoms with Gasteiger partial charge in [-0.05, 0) is 44.0 Å². The molecule has 1 unspecified atom stereocenters. The molecule has 1 aliphatic heterocycles. The van der Waals surface area contributed by atoms with Gasteiger partial charge >= 0.3 is 5.97 Å². The molecule has 1 aliphatic rings. The van der Waals surface area contributed by atoms with Crippen molar-refractivity contribution in [3.05, 3.63) is 79.1 Å². The molecule has 1 atom stereocenters. The Balaban J connectivity index is 1.44. The van der Waals surface area contributed by atoms with Crippen molar-refractivity contribution < 1.29 is 14.3 Å². The normalized spacial score (nSPS) is 16.3. The van der Waals surface area contributed by atoms with Crippen LogP contribution in [0.4, 0.5) is 5.82 Å². The minimum atomic E-state index is -0.495. The van der Waals surface area contributed by atoms with E-state index in [-0.39, 0.29) is 24.1 Å². The first-order valence-electron chi connectivity index (χ1n) is 10.4. The number of carbonyl (C=O) groups is 1. The van der Waals surface area contributed by atoms with Crippen molar-refractivity contribution in [2.24, 2.45) is 0 Å². The SMILES string of the molecule is C=C(C=CC=CC)Oc1ncccc1C(=O)OCC1CCCN1c1ccnc2ncnn12. The van der Waals surface area contributed by atoms with E-state index in [0.29, 0.717) is 11.5 Å². The second kappa shape index (κ2) is 9.86. The first-order valence-corrected chi connectivity index (χ1v) is 10.4. The molecule has 164 valence electrons. The van der Waals surface area contributed by atoms with Crippen LogP contribution in [-0.4, -0.2) is 49.7 Å². The Morgan fingerprint density at radius 1 is 1.25 bits per heavy atom. The smallest absolute Gasteiger partial charge is 0.343 e. The zero-order valence-corrected chi connectivity index (χ0v) is 17.8. The fourth-order valence-corrected chi connectivity index (χ4v) is 3.56. The van der Waals surface area contributed by atoms with E-state index >= 15 is 0 Å². The first kappa shape index (κ1) is 21.2. The number of aromatic nitrogens is 5. The van der Waals surface area contributed by atoms with E-state index in [4.69, 9.17) is 9.47 Å². The Hall–Kier alpha value is -4.01. The van der Waals surface area contributed by atoms with Gasteiger partial charge in [0.05, 0.1) is 6.04 Å². The van der Waals surface area contributed by atoms with Gasteiger partial charge in [0.25, 0.3) is 5.78 Å². The number of esters is 1. The topological polar surface area (TPSA) is 94.7 Å². The van der Waals surface area contributed by atoms with Gasteiger partial charge < -0.3 is 14.4 Å². The number of anilines is 1. The summed E-state index contributed by atoms with van der Waals surface area (Å²) in [5.74, 6) is 1.44. The number of rotatable bonds is 8. The van der Waals surface area contributed by atoms with E-state index in [0.717, 1.165) is 25.2 Å². The van der Waals surface area contributed by atoms with Crippen molar-refractivity contribution in [3.8, 4) is 5.88 Å². The second-order valence-electron chi connectivity index (χ2n) is 7.17. The average Bonchev–Trinajstić information content (AvgIpc) is 3.47. The summed E-state index contributed by atoms with van der Waals surface area (Å²) >= 11 is 0. The van der Waals surface area contributed by atoms with Crippen molar-refractivity contribution in [2.45, 2.75) is 25.8 Å². The Morgan fingerprint density at radius 2 is 2.16 bits per heavy atom. The molecule has 0 amide bonds. The van der Waals surface area contributed by atoms with Gasteiger partial charge in [0.15, 0.2) is 0 Å². The maximum Gasteiger partial charge on any atom is 0.343 e. The van der Waals surface area contributed by atoms with Crippen molar-refractivity contribution in [1.29, 1.82) is 0 Å². The highest BCUT2D eigenvalue weighted by atomic mass is 16.5. The number of hydrogen-bond acceptors (Lipinski definition) is 8. The molecule has 3 aromatic heterocycles. The van der Waals surface area contributed by atoms with Crippen LogP contribution in [0.2, 0.25) is 0 Å². The maximum absolute atomic E-state index is 12.8. The highest BCUT2D eigenvalue weighted by molar-refractivity contribution is 5.91. The summed E-state index contributed by atoms with van der Waals surface area (Å²) in [4.78, 5) is 27.5. The van der Waals surface area contributed by atoms with E-state index in [1.165, 1.54) is 6.33 Å². The Morgan fingerprint density at radius 3 is 3.03 bits per heavy atom. The standard InChI is InChI=1S/C23H24N6O3/c1-3-4-5-8-17(2)32-21-19(10-6-12-24-21)22(30)31-15-18-9-7-14-28(18)20-11-13-25-23-26-16-27-29(20)23/h3-6,8,10-13,16,18H,2,7,9,14-15H2,1H3. The second-order valence-corrected chi connectivity index (χ2v) is 7.17. The van der Waals surface area contributed by atoms with Gasteiger partial charge in [0, 0.05) is 18.9 Å². The van der Waals surface area contributed by atoms with Crippen LogP contribution in [0.25, 0.3) is 5.78 Å². The van der Waals surface area contributed by atoms with Gasteiger partial charge in [-0.25, -0.2) is 14.8 Å². The zero-order valence-electron chi connectivity index (χ0n) is 17.8. The summed E-state index contributed by atoms with van der Waals surface area (Å²) < 4.78 is 13.0. The van der Waals surface area contributed by atoms with Crippen LogP contribution in [0.1, 0.15) is 30.1 Å². The molecule has 1 fully saturated rings. The summed E-state index contributed by atoms with van der Waals surface area (Å²) in [5.41, 5.74) is 0.250. The minimum Gasteiger partial charge on any atom is -0.460 e. The van der Waals surface area contributed by atoms with Crippen molar-refractivity contribution in [1.82, 2.24) is 24.6 Å². The molecule has 32 heavy (non-hydrogen) atoms. The quantitative estimate of drug-likeness (QED) is 0.304. The van der Waals surface area contributed by atoms with Gasteiger partial charge in [0.1, 0.15) is 30.1 Å². The third-order valence-electron chi connectivity index (χ3n) is 5.04. The molecule has 3 aromatic rings. The lowest BCUT2D eigenvalue weighted by molar-refractivity contribution is 0.0478. The molecule has 9 heteroatoms. The number of ether oxygens (including phenoxy) is 2. The molecule has 0 aromatic carbocycles. The summed E-state index contributed by atoms with van der Waals surface area (Å²) in [5, 5.41) is 4.26. The highest BCUT2D eigenvalue weighted by Crippen LogP contribution is 2.26. The molecule has 9 nitrogen and oxygen atoms in total. The molecule has 0 radical (unpaired) electrons. The molecule has 0 aliphatic carbocycles. The summed E-state index contributed by atoms with van der Waals surface area (Å²) in [6, 6.07) is 5.21. The monoisotopic (exact) mass is 432 g/mol. The maximum atomic E-state index is 12.8. The van der Waals surface area contributed by atoms with Gasteiger partial charge in [0.2, 0.25) is 5.88 Å². The Labute approximate surface area is 185 Å². The lowest BCUT2D eigenvalue weighted by atomic mass is 10.2. The summed E-state index contributed by atoms with van der Waals surface area (Å²) in [7, 11) is 0. The molecular formula is C23H24N6O3. The lowest BCUT2D eigenvalue weighted by Gasteiger charge is -2.26. The van der Waals surface area contributed by atoms with Crippen LogP contribution in [0.5, 0.6) is 5.88 Å². The molecule has 0 saturated carbocycles. The molecule has 0 N–H and O–H groups in total. The third kappa shape index (κ3) is 4.66. The number of hydrogen-bond donors (Lipinski definition) is 0. The van der Waals surface area contributed by atoms with Crippen LogP contribution in [-0.2, 0) is 4.74 Å². The molecule has 0 bridgehead atoms. The van der Waals surface area contributed by atoms with Crippen LogP contribution in [0, 0.1) is 0 Å². The van der Waals surface area contributed by atoms with E-state index in [2.05, 4.69) is 31.5 Å². The molecule has 1 saturated heterocycles. The number of carbonyl (C=O) groups excluding carboxylic acids is 1. The van der Waals surface area contributed by atoms with E-state index < -0.39 is 5.97 Å². The van der Waals surface area contributed by atoms with E-state index in [9.17, 15) is 4.79 Å². The molecule has 4 heterocycles. The predicted molar refractivity (Wildman–Crippen MR) is 119 cm³/mol. The largest absolute Gasteiger partial charge is 0.460 e. The highest BCUT2D eigenvalue weighted by Gasteiger charge is 2.29. The van der Waals surface area contributed by atoms with Crippen LogP contribution in [0.3, 0.4) is 0 Å². The molecular weight excluding hydrogens is 408 g/mol. The van der Waals surface area contributed by atoms with E-state index in [1.807, 2.05) is 25.1 Å². The fraction of sp³-hybridized carbons (Fsp3) is 0.261. The van der Waals surface area contributed by atoms with Crippen molar-refractivity contribution >= 4 is 17.6 Å². The minimum absolute atomic E-state index is 0.0218. The number of pyridine rings is 1. The Kier molecular flexibility index (Phi) is 6.54. The molecule has 4 rings (SSSR count). The number of allylic oxidation sites excluding steroid dienone is 4. The van der Waals surface area contributed by atoms with Crippen LogP contribution >= 0.6 is 0 Å². The third-order valence-corrected chi connectivity index (χ3v) is 5.04. The Bertz CT molecular complexity index is 1170. The van der Waals surface area contributed by atoms with Gasteiger partial charge in [-0.3, -0.25) is 0 Å². The van der Waals surface area contributed by atoms with Crippen LogP contribution in [0.15, 0.2) is 73.6 Å². The van der Waals surface area contributed by atoms with Gasteiger partial charge in [-0.1, -0.05) is 24.8 Å². The van der Waals surface area contributed by atoms with E-state index in [1.54, 1.807) is 41.2 Å². The van der Waals surface area contributed by atoms with Crippen molar-refractivity contribution in [3.63, 3.8) is 0 Å².